The third kappa shape index (κ3) is 3.03. The quantitative estimate of drug-likeness (QED) is 0.884. The lowest BCUT2D eigenvalue weighted by Gasteiger charge is -2.04. The first kappa shape index (κ1) is 13.4. The molecule has 0 bridgehead atoms. The Bertz CT molecular complexity index is 527. The number of rotatable bonds is 5. The topological polar surface area (TPSA) is 34.2 Å². The molecule has 2 rings (SSSR count). The van der Waals surface area contributed by atoms with Crippen molar-refractivity contribution in [3.05, 3.63) is 28.9 Å². The summed E-state index contributed by atoms with van der Waals surface area (Å²) in [6.07, 6.45) is 3.00. The molecule has 1 heterocycles. The van der Waals surface area contributed by atoms with Gasteiger partial charge in [0.1, 0.15) is 5.75 Å². The number of nitrogens with one attached hydrogen (secondary N) is 1. The van der Waals surface area contributed by atoms with E-state index < -0.39 is 0 Å². The smallest absolute Gasteiger partial charge is 0.183 e. The van der Waals surface area contributed by atoms with E-state index >= 15 is 0 Å². The molecule has 3 nitrogen and oxygen atoms in total. The molecule has 96 valence electrons. The molecule has 0 atom stereocenters. The molecule has 0 radical (unpaired) electrons. The van der Waals surface area contributed by atoms with Gasteiger partial charge in [-0.25, -0.2) is 4.98 Å². The van der Waals surface area contributed by atoms with Crippen molar-refractivity contribution < 1.29 is 4.74 Å². The van der Waals surface area contributed by atoms with Gasteiger partial charge in [-0.1, -0.05) is 18.3 Å². The van der Waals surface area contributed by atoms with Gasteiger partial charge in [-0.15, -0.1) is 0 Å². The summed E-state index contributed by atoms with van der Waals surface area (Å²) in [5.74, 6) is 0.840. The molecule has 2 aromatic rings. The molecule has 18 heavy (non-hydrogen) atoms. The molecular formula is C13H15BrN2OS. The van der Waals surface area contributed by atoms with Gasteiger partial charge in [0.2, 0.25) is 0 Å². The molecule has 0 amide bonds. The standard InChI is InChI=1S/C13H15BrN2OS/c1-3-6-15-13-16-8-12(18-13)9-4-5-11(17-2)10(14)7-9/h4-5,7-8H,3,6H2,1-2H3,(H,15,16). The molecule has 0 aliphatic rings. The first-order chi connectivity index (χ1) is 8.74. The minimum absolute atomic E-state index is 0.840. The average Bonchev–Trinajstić information content (AvgIpc) is 2.85. The first-order valence-corrected chi connectivity index (χ1v) is 7.39. The van der Waals surface area contributed by atoms with Crippen LogP contribution in [0.25, 0.3) is 10.4 Å². The Hall–Kier alpha value is -1.07. The lowest BCUT2D eigenvalue weighted by atomic mass is 10.2. The van der Waals surface area contributed by atoms with Crippen molar-refractivity contribution >= 4 is 32.4 Å². The van der Waals surface area contributed by atoms with Crippen molar-refractivity contribution in [2.24, 2.45) is 0 Å². The Morgan fingerprint density at radius 1 is 1.44 bits per heavy atom. The van der Waals surface area contributed by atoms with Crippen LogP contribution in [0, 0.1) is 0 Å². The van der Waals surface area contributed by atoms with Crippen molar-refractivity contribution in [3.63, 3.8) is 0 Å². The van der Waals surface area contributed by atoms with Gasteiger partial charge >= 0.3 is 0 Å². The van der Waals surface area contributed by atoms with Gasteiger partial charge in [0.15, 0.2) is 5.13 Å². The summed E-state index contributed by atoms with van der Waals surface area (Å²) < 4.78 is 6.18. The van der Waals surface area contributed by atoms with Crippen LogP contribution in [0.5, 0.6) is 5.75 Å². The number of methoxy groups -OCH3 is 1. The summed E-state index contributed by atoms with van der Waals surface area (Å²) in [6.45, 7) is 3.10. The maximum Gasteiger partial charge on any atom is 0.183 e. The van der Waals surface area contributed by atoms with Gasteiger partial charge < -0.3 is 10.1 Å². The van der Waals surface area contributed by atoms with Crippen molar-refractivity contribution in [2.45, 2.75) is 13.3 Å². The Labute approximate surface area is 119 Å². The highest BCUT2D eigenvalue weighted by Gasteiger charge is 2.07. The van der Waals surface area contributed by atoms with E-state index in [1.807, 2.05) is 18.3 Å². The van der Waals surface area contributed by atoms with Gasteiger partial charge in [0, 0.05) is 12.7 Å². The van der Waals surface area contributed by atoms with E-state index in [2.05, 4.69) is 39.2 Å². The second-order valence-corrected chi connectivity index (χ2v) is 5.69. The highest BCUT2D eigenvalue weighted by Crippen LogP contribution is 2.34. The summed E-state index contributed by atoms with van der Waals surface area (Å²) in [5.41, 5.74) is 1.14. The van der Waals surface area contributed by atoms with Crippen LogP contribution in [0.15, 0.2) is 28.9 Å². The zero-order chi connectivity index (χ0) is 13.0. The minimum Gasteiger partial charge on any atom is -0.496 e. The minimum atomic E-state index is 0.840. The van der Waals surface area contributed by atoms with Crippen molar-refractivity contribution in [1.29, 1.82) is 0 Å². The number of nitrogens with zero attached hydrogens (tertiary/aromatic N) is 1. The van der Waals surface area contributed by atoms with Crippen LogP contribution in [0.2, 0.25) is 0 Å². The van der Waals surface area contributed by atoms with Crippen molar-refractivity contribution in [3.8, 4) is 16.2 Å². The third-order valence-corrected chi connectivity index (χ3v) is 4.09. The van der Waals surface area contributed by atoms with E-state index in [9.17, 15) is 0 Å². The van der Waals surface area contributed by atoms with Gasteiger partial charge in [-0.05, 0) is 46.1 Å². The fraction of sp³-hybridized carbons (Fsp3) is 0.308. The summed E-state index contributed by atoms with van der Waals surface area (Å²) in [7, 11) is 1.67. The van der Waals surface area contributed by atoms with E-state index in [0.717, 1.165) is 38.8 Å². The molecule has 1 N–H and O–H groups in total. The third-order valence-electron chi connectivity index (χ3n) is 2.47. The molecule has 0 saturated heterocycles. The molecule has 1 aromatic carbocycles. The number of hydrogen-bond acceptors (Lipinski definition) is 4. The second kappa shape index (κ2) is 6.20. The van der Waals surface area contributed by atoms with Crippen LogP contribution in [0.3, 0.4) is 0 Å². The highest BCUT2D eigenvalue weighted by atomic mass is 79.9. The number of thiazole rings is 1. The summed E-state index contributed by atoms with van der Waals surface area (Å²) in [4.78, 5) is 5.51. The molecule has 1 aromatic heterocycles. The Morgan fingerprint density at radius 2 is 2.28 bits per heavy atom. The molecule has 0 saturated carbocycles. The summed E-state index contributed by atoms with van der Waals surface area (Å²) in [5, 5.41) is 4.26. The molecule has 0 fully saturated rings. The molecule has 0 aliphatic heterocycles. The van der Waals surface area contributed by atoms with Gasteiger partial charge in [-0.3, -0.25) is 0 Å². The van der Waals surface area contributed by atoms with E-state index in [1.165, 1.54) is 0 Å². The van der Waals surface area contributed by atoms with Crippen molar-refractivity contribution in [1.82, 2.24) is 4.98 Å². The molecule has 0 aliphatic carbocycles. The lowest BCUT2D eigenvalue weighted by Crippen LogP contribution is -1.97. The van der Waals surface area contributed by atoms with E-state index in [1.54, 1.807) is 18.4 Å². The first-order valence-electron chi connectivity index (χ1n) is 5.78. The number of halogens is 1. The normalized spacial score (nSPS) is 10.4. The predicted octanol–water partition coefficient (Wildman–Crippen LogP) is 4.40. The maximum atomic E-state index is 5.22. The molecule has 5 heteroatoms. The van der Waals surface area contributed by atoms with Crippen molar-refractivity contribution in [2.75, 3.05) is 19.0 Å². The number of anilines is 1. The van der Waals surface area contributed by atoms with E-state index in [4.69, 9.17) is 4.74 Å². The zero-order valence-corrected chi connectivity index (χ0v) is 12.8. The number of ether oxygens (including phenoxy) is 1. The number of hydrogen-bond donors (Lipinski definition) is 1. The lowest BCUT2D eigenvalue weighted by molar-refractivity contribution is 0.412. The van der Waals surface area contributed by atoms with Crippen LogP contribution in [0.4, 0.5) is 5.13 Å². The van der Waals surface area contributed by atoms with E-state index in [0.29, 0.717) is 0 Å². The summed E-state index contributed by atoms with van der Waals surface area (Å²) in [6, 6.07) is 6.05. The average molecular weight is 327 g/mol. The second-order valence-electron chi connectivity index (χ2n) is 3.81. The van der Waals surface area contributed by atoms with Gasteiger partial charge in [0.25, 0.3) is 0 Å². The zero-order valence-electron chi connectivity index (χ0n) is 10.4. The molecule has 0 spiro atoms. The number of aromatic nitrogens is 1. The summed E-state index contributed by atoms with van der Waals surface area (Å²) >= 11 is 5.16. The molecular weight excluding hydrogens is 312 g/mol. The Balaban J connectivity index is 2.20. The Morgan fingerprint density at radius 3 is 2.94 bits per heavy atom. The molecule has 0 unspecified atom stereocenters. The van der Waals surface area contributed by atoms with Crippen LogP contribution in [-0.4, -0.2) is 18.6 Å². The van der Waals surface area contributed by atoms with Crippen LogP contribution in [-0.2, 0) is 0 Å². The van der Waals surface area contributed by atoms with Gasteiger partial charge in [-0.2, -0.15) is 0 Å². The fourth-order valence-electron chi connectivity index (χ4n) is 1.54. The monoisotopic (exact) mass is 326 g/mol. The maximum absolute atomic E-state index is 5.22. The van der Waals surface area contributed by atoms with E-state index in [-0.39, 0.29) is 0 Å². The van der Waals surface area contributed by atoms with Crippen LogP contribution in [0.1, 0.15) is 13.3 Å². The largest absolute Gasteiger partial charge is 0.496 e. The number of benzene rings is 1. The van der Waals surface area contributed by atoms with Crippen LogP contribution >= 0.6 is 27.3 Å². The van der Waals surface area contributed by atoms with Gasteiger partial charge in [0.05, 0.1) is 16.5 Å². The predicted molar refractivity (Wildman–Crippen MR) is 80.6 cm³/mol. The Kier molecular flexibility index (Phi) is 4.60. The SMILES string of the molecule is CCCNc1ncc(-c2ccc(OC)c(Br)c2)s1. The van der Waals surface area contributed by atoms with Crippen LogP contribution < -0.4 is 10.1 Å². The fourth-order valence-corrected chi connectivity index (χ4v) is 2.92. The highest BCUT2D eigenvalue weighted by molar-refractivity contribution is 9.10.